The molecule has 0 unspecified atom stereocenters. The first kappa shape index (κ1) is 18.1. The summed E-state index contributed by atoms with van der Waals surface area (Å²) in [4.78, 5) is 29.4. The molecule has 0 aliphatic heterocycles. The van der Waals surface area contributed by atoms with Crippen molar-refractivity contribution >= 4 is 11.8 Å². The number of amides is 1. The molecule has 0 saturated heterocycles. The first-order valence-corrected chi connectivity index (χ1v) is 9.32. The second-order valence-corrected chi connectivity index (χ2v) is 6.62. The molecule has 1 aliphatic rings. The number of pyridine rings is 1. The van der Waals surface area contributed by atoms with E-state index in [0.717, 1.165) is 12.8 Å². The molecular formula is C21H25N3O2. The van der Waals surface area contributed by atoms with E-state index < -0.39 is 0 Å². The molecule has 136 valence electrons. The zero-order chi connectivity index (χ0) is 18.2. The normalized spacial score (nSPS) is 15.6. The summed E-state index contributed by atoms with van der Waals surface area (Å²) in [5.41, 5.74) is 1.30. The molecule has 1 aromatic carbocycles. The monoisotopic (exact) mass is 351 g/mol. The summed E-state index contributed by atoms with van der Waals surface area (Å²) < 4.78 is 1.60. The van der Waals surface area contributed by atoms with Crippen LogP contribution in [0.3, 0.4) is 0 Å². The number of nitrogens with zero attached hydrogens (tertiary/aromatic N) is 2. The zero-order valence-corrected chi connectivity index (χ0v) is 14.9. The maximum absolute atomic E-state index is 12.6. The van der Waals surface area contributed by atoms with Crippen molar-refractivity contribution < 1.29 is 9.59 Å². The van der Waals surface area contributed by atoms with Crippen LogP contribution < -0.4 is 10.8 Å². The van der Waals surface area contributed by atoms with Crippen molar-refractivity contribution in [3.8, 4) is 0 Å². The predicted molar refractivity (Wildman–Crippen MR) is 101 cm³/mol. The third-order valence-electron chi connectivity index (χ3n) is 4.66. The summed E-state index contributed by atoms with van der Waals surface area (Å²) in [5, 5.41) is 2.80. The Bertz CT molecular complexity index is 805. The molecule has 0 spiro atoms. The second-order valence-electron chi connectivity index (χ2n) is 6.62. The van der Waals surface area contributed by atoms with Gasteiger partial charge in [-0.05, 0) is 37.1 Å². The lowest BCUT2D eigenvalue weighted by Gasteiger charge is -2.17. The van der Waals surface area contributed by atoms with E-state index in [-0.39, 0.29) is 18.2 Å². The van der Waals surface area contributed by atoms with Gasteiger partial charge in [0.2, 0.25) is 5.91 Å². The number of hydrogen-bond acceptors (Lipinski definition) is 3. The average molecular weight is 351 g/mol. The van der Waals surface area contributed by atoms with Crippen molar-refractivity contribution in [2.45, 2.75) is 44.6 Å². The van der Waals surface area contributed by atoms with Crippen molar-refractivity contribution in [3.05, 3.63) is 65.8 Å². The largest absolute Gasteiger partial charge is 0.352 e. The van der Waals surface area contributed by atoms with E-state index in [9.17, 15) is 9.59 Å². The summed E-state index contributed by atoms with van der Waals surface area (Å²) in [5.74, 6) is -0.225. The van der Waals surface area contributed by atoms with Gasteiger partial charge in [-0.3, -0.25) is 19.1 Å². The first-order valence-electron chi connectivity index (χ1n) is 9.32. The van der Waals surface area contributed by atoms with Crippen molar-refractivity contribution in [1.82, 2.24) is 9.88 Å². The number of carbonyl (C=O) groups is 2. The van der Waals surface area contributed by atoms with Crippen LogP contribution in [0.4, 0.5) is 0 Å². The van der Waals surface area contributed by atoms with Crippen LogP contribution in [0.25, 0.3) is 0 Å². The molecule has 5 heteroatoms. The Kier molecular flexibility index (Phi) is 6.36. The van der Waals surface area contributed by atoms with Gasteiger partial charge in [-0.2, -0.15) is 0 Å². The lowest BCUT2D eigenvalue weighted by atomic mass is 9.96. The highest BCUT2D eigenvalue weighted by Gasteiger charge is 2.13. The van der Waals surface area contributed by atoms with Crippen LogP contribution in [0.2, 0.25) is 0 Å². The molecule has 5 nitrogen and oxygen atoms in total. The first-order chi connectivity index (χ1) is 12.7. The summed E-state index contributed by atoms with van der Waals surface area (Å²) in [6.07, 6.45) is 7.87. The molecule has 1 heterocycles. The SMILES string of the molecule is O=C(NCCC(=O)n1ccccc1=NC1CCCCC1)c1ccccc1. The van der Waals surface area contributed by atoms with Crippen LogP contribution in [-0.4, -0.2) is 29.0 Å². The minimum absolute atomic E-state index is 0.0616. The fraction of sp³-hybridized carbons (Fsp3) is 0.381. The van der Waals surface area contributed by atoms with Gasteiger partial charge in [0.1, 0.15) is 5.49 Å². The standard InChI is InChI=1S/C21H25N3O2/c25-20(14-15-22-21(26)17-9-3-1-4-10-17)24-16-8-7-13-19(24)23-18-11-5-2-6-12-18/h1,3-4,7-10,13,16,18H,2,5-6,11-12,14-15H2,(H,22,26). The van der Waals surface area contributed by atoms with Gasteiger partial charge < -0.3 is 5.32 Å². The Hall–Kier alpha value is -2.69. The molecule has 2 aromatic rings. The molecule has 1 fully saturated rings. The molecule has 0 radical (unpaired) electrons. The van der Waals surface area contributed by atoms with E-state index in [1.807, 2.05) is 36.4 Å². The lowest BCUT2D eigenvalue weighted by Crippen LogP contribution is -2.32. The molecule has 0 bridgehead atoms. The smallest absolute Gasteiger partial charge is 0.251 e. The van der Waals surface area contributed by atoms with Crippen LogP contribution in [0, 0.1) is 0 Å². The molecule has 26 heavy (non-hydrogen) atoms. The van der Waals surface area contributed by atoms with E-state index in [2.05, 4.69) is 5.32 Å². The quantitative estimate of drug-likeness (QED) is 0.899. The molecule has 0 atom stereocenters. The Morgan fingerprint density at radius 1 is 1.00 bits per heavy atom. The second kappa shape index (κ2) is 9.13. The summed E-state index contributed by atoms with van der Waals surface area (Å²) in [6, 6.07) is 14.9. The molecule has 1 amide bonds. The Labute approximate surface area is 153 Å². The number of carbonyl (C=O) groups excluding carboxylic acids is 2. The zero-order valence-electron chi connectivity index (χ0n) is 14.9. The fourth-order valence-corrected chi connectivity index (χ4v) is 3.24. The van der Waals surface area contributed by atoms with Crippen molar-refractivity contribution in [2.75, 3.05) is 6.54 Å². The van der Waals surface area contributed by atoms with E-state index >= 15 is 0 Å². The summed E-state index contributed by atoms with van der Waals surface area (Å²) >= 11 is 0. The van der Waals surface area contributed by atoms with Crippen LogP contribution in [0.15, 0.2) is 59.7 Å². The van der Waals surface area contributed by atoms with Crippen LogP contribution >= 0.6 is 0 Å². The summed E-state index contributed by atoms with van der Waals surface area (Å²) in [7, 11) is 0. The van der Waals surface area contributed by atoms with Gasteiger partial charge in [0.25, 0.3) is 5.91 Å². The van der Waals surface area contributed by atoms with E-state index in [4.69, 9.17) is 4.99 Å². The molecule has 3 rings (SSSR count). The van der Waals surface area contributed by atoms with Crippen molar-refractivity contribution in [2.24, 2.45) is 4.99 Å². The molecular weight excluding hydrogens is 326 g/mol. The van der Waals surface area contributed by atoms with Gasteiger partial charge in [0.05, 0.1) is 6.04 Å². The van der Waals surface area contributed by atoms with Crippen molar-refractivity contribution in [3.63, 3.8) is 0 Å². The van der Waals surface area contributed by atoms with Crippen LogP contribution in [0.5, 0.6) is 0 Å². The van der Waals surface area contributed by atoms with Crippen LogP contribution in [0.1, 0.15) is 53.7 Å². The van der Waals surface area contributed by atoms with E-state index in [1.165, 1.54) is 19.3 Å². The number of aromatic nitrogens is 1. The highest BCUT2D eigenvalue weighted by atomic mass is 16.2. The average Bonchev–Trinajstić information content (AvgIpc) is 2.69. The van der Waals surface area contributed by atoms with Gasteiger partial charge in [-0.25, -0.2) is 0 Å². The fourth-order valence-electron chi connectivity index (χ4n) is 3.24. The molecule has 1 aliphatic carbocycles. The van der Waals surface area contributed by atoms with Gasteiger partial charge in [-0.1, -0.05) is 43.5 Å². The van der Waals surface area contributed by atoms with Gasteiger partial charge >= 0.3 is 0 Å². The third kappa shape index (κ3) is 4.91. The number of benzene rings is 1. The van der Waals surface area contributed by atoms with Crippen molar-refractivity contribution in [1.29, 1.82) is 0 Å². The van der Waals surface area contributed by atoms with E-state index in [0.29, 0.717) is 23.6 Å². The topological polar surface area (TPSA) is 63.5 Å². The molecule has 1 N–H and O–H groups in total. The third-order valence-corrected chi connectivity index (χ3v) is 4.66. The molecule has 1 saturated carbocycles. The van der Waals surface area contributed by atoms with Crippen LogP contribution in [-0.2, 0) is 0 Å². The maximum Gasteiger partial charge on any atom is 0.251 e. The minimum atomic E-state index is -0.163. The predicted octanol–water partition coefficient (Wildman–Crippen LogP) is 3.18. The van der Waals surface area contributed by atoms with E-state index in [1.54, 1.807) is 22.9 Å². The highest BCUT2D eigenvalue weighted by molar-refractivity contribution is 5.94. The Morgan fingerprint density at radius 3 is 2.50 bits per heavy atom. The van der Waals surface area contributed by atoms with Gasteiger partial charge in [0.15, 0.2) is 0 Å². The lowest BCUT2D eigenvalue weighted by molar-refractivity contribution is 0.0888. The number of nitrogens with one attached hydrogen (secondary N) is 1. The Morgan fingerprint density at radius 2 is 1.73 bits per heavy atom. The molecule has 1 aromatic heterocycles. The number of rotatable bonds is 5. The number of hydrogen-bond donors (Lipinski definition) is 1. The highest BCUT2D eigenvalue weighted by Crippen LogP contribution is 2.19. The maximum atomic E-state index is 12.6. The minimum Gasteiger partial charge on any atom is -0.352 e. The van der Waals surface area contributed by atoms with Gasteiger partial charge in [-0.15, -0.1) is 0 Å². The Balaban J connectivity index is 1.61. The summed E-state index contributed by atoms with van der Waals surface area (Å²) in [6.45, 7) is 0.303. The van der Waals surface area contributed by atoms with Gasteiger partial charge in [0, 0.05) is 24.7 Å².